The molecular formula is C19H42IN5. The molecular weight excluding hydrogens is 425 g/mol. The molecule has 25 heavy (non-hydrogen) atoms. The molecule has 0 aromatic rings. The molecule has 0 saturated carbocycles. The Kier molecular flexibility index (Phi) is 14.0. The van der Waals surface area contributed by atoms with E-state index in [9.17, 15) is 0 Å². The SMILES string of the molecule is CCN1CCN(C(C)CNC(=NC)NC(C)CCCC(C)C)CC1.I. The lowest BCUT2D eigenvalue weighted by Gasteiger charge is -2.37. The maximum atomic E-state index is 4.38. The topological polar surface area (TPSA) is 42.9 Å². The van der Waals surface area contributed by atoms with Crippen LogP contribution in [0.4, 0.5) is 0 Å². The highest BCUT2D eigenvalue weighted by Crippen LogP contribution is 2.08. The average Bonchev–Trinajstić information content (AvgIpc) is 2.58. The molecule has 2 atom stereocenters. The molecule has 0 aromatic heterocycles. The van der Waals surface area contributed by atoms with Crippen molar-refractivity contribution < 1.29 is 0 Å². The van der Waals surface area contributed by atoms with Crippen molar-refractivity contribution in [3.63, 3.8) is 0 Å². The van der Waals surface area contributed by atoms with E-state index in [2.05, 4.69) is 60.0 Å². The Bertz CT molecular complexity index is 354. The molecule has 6 heteroatoms. The zero-order chi connectivity index (χ0) is 17.9. The quantitative estimate of drug-likeness (QED) is 0.311. The summed E-state index contributed by atoms with van der Waals surface area (Å²) in [6, 6.07) is 1.01. The van der Waals surface area contributed by atoms with E-state index < -0.39 is 0 Å². The standard InChI is InChI=1S/C19H41N5.HI/c1-7-23-11-13-24(14-12-23)18(5)15-21-19(20-6)22-17(4)10-8-9-16(2)3;/h16-18H,7-15H2,1-6H3,(H2,20,21,22);1H. The number of nitrogens with one attached hydrogen (secondary N) is 2. The fraction of sp³-hybridized carbons (Fsp3) is 0.947. The number of piperazine rings is 1. The number of likely N-dealkylation sites (N-methyl/N-ethyl adjacent to an activating group) is 1. The highest BCUT2D eigenvalue weighted by Gasteiger charge is 2.20. The van der Waals surface area contributed by atoms with Crippen LogP contribution in [0.15, 0.2) is 4.99 Å². The Balaban J connectivity index is 0.00000576. The number of nitrogens with zero attached hydrogens (tertiary/aromatic N) is 3. The summed E-state index contributed by atoms with van der Waals surface area (Å²) in [4.78, 5) is 9.49. The van der Waals surface area contributed by atoms with Crippen molar-refractivity contribution in [1.29, 1.82) is 0 Å². The van der Waals surface area contributed by atoms with Crippen molar-refractivity contribution in [2.75, 3.05) is 46.3 Å². The van der Waals surface area contributed by atoms with Gasteiger partial charge in [0.25, 0.3) is 0 Å². The van der Waals surface area contributed by atoms with Gasteiger partial charge in [-0.1, -0.05) is 33.6 Å². The fourth-order valence-corrected chi connectivity index (χ4v) is 3.23. The Morgan fingerprint density at radius 2 is 1.68 bits per heavy atom. The molecule has 1 saturated heterocycles. The Labute approximate surface area is 173 Å². The van der Waals surface area contributed by atoms with Crippen LogP contribution in [0, 0.1) is 5.92 Å². The molecule has 0 aromatic carbocycles. The second-order valence-corrected chi connectivity index (χ2v) is 7.64. The first kappa shape index (κ1) is 24.9. The van der Waals surface area contributed by atoms with Crippen LogP contribution in [0.5, 0.6) is 0 Å². The molecule has 0 bridgehead atoms. The normalized spacial score (nSPS) is 19.4. The average molecular weight is 467 g/mol. The number of hydrogen-bond acceptors (Lipinski definition) is 3. The zero-order valence-corrected chi connectivity index (χ0v) is 19.7. The van der Waals surface area contributed by atoms with E-state index in [1.807, 2.05) is 7.05 Å². The van der Waals surface area contributed by atoms with Crippen LogP contribution < -0.4 is 10.6 Å². The van der Waals surface area contributed by atoms with Gasteiger partial charge in [-0.2, -0.15) is 0 Å². The van der Waals surface area contributed by atoms with Gasteiger partial charge < -0.3 is 15.5 Å². The van der Waals surface area contributed by atoms with Gasteiger partial charge in [0.15, 0.2) is 5.96 Å². The maximum Gasteiger partial charge on any atom is 0.191 e. The largest absolute Gasteiger partial charge is 0.355 e. The first-order valence-corrected chi connectivity index (χ1v) is 9.89. The molecule has 150 valence electrons. The minimum Gasteiger partial charge on any atom is -0.355 e. The monoisotopic (exact) mass is 467 g/mol. The molecule has 5 nitrogen and oxygen atoms in total. The summed E-state index contributed by atoms with van der Waals surface area (Å²) in [6.45, 7) is 18.3. The van der Waals surface area contributed by atoms with Crippen LogP contribution in [0.25, 0.3) is 0 Å². The van der Waals surface area contributed by atoms with Crippen molar-refractivity contribution in [1.82, 2.24) is 20.4 Å². The third-order valence-electron chi connectivity index (χ3n) is 5.07. The van der Waals surface area contributed by atoms with Gasteiger partial charge in [0, 0.05) is 51.9 Å². The molecule has 1 rings (SSSR count). The van der Waals surface area contributed by atoms with E-state index in [0.717, 1.165) is 18.4 Å². The maximum absolute atomic E-state index is 4.38. The first-order valence-electron chi connectivity index (χ1n) is 9.89. The lowest BCUT2D eigenvalue weighted by molar-refractivity contribution is 0.107. The predicted molar refractivity (Wildman–Crippen MR) is 121 cm³/mol. The van der Waals surface area contributed by atoms with Gasteiger partial charge in [-0.25, -0.2) is 0 Å². The van der Waals surface area contributed by atoms with Gasteiger partial charge in [-0.3, -0.25) is 9.89 Å². The Morgan fingerprint density at radius 3 is 2.20 bits per heavy atom. The summed E-state index contributed by atoms with van der Waals surface area (Å²) in [5.41, 5.74) is 0. The minimum absolute atomic E-state index is 0. The van der Waals surface area contributed by atoms with Crippen molar-refractivity contribution in [2.24, 2.45) is 10.9 Å². The third-order valence-corrected chi connectivity index (χ3v) is 5.07. The molecule has 2 unspecified atom stereocenters. The van der Waals surface area contributed by atoms with E-state index in [-0.39, 0.29) is 24.0 Å². The third kappa shape index (κ3) is 10.6. The van der Waals surface area contributed by atoms with Gasteiger partial charge >= 0.3 is 0 Å². The molecule has 2 N–H and O–H groups in total. The number of hydrogen-bond donors (Lipinski definition) is 2. The zero-order valence-electron chi connectivity index (χ0n) is 17.3. The highest BCUT2D eigenvalue weighted by atomic mass is 127. The van der Waals surface area contributed by atoms with Crippen LogP contribution in [0.1, 0.15) is 53.9 Å². The lowest BCUT2D eigenvalue weighted by atomic mass is 10.0. The van der Waals surface area contributed by atoms with E-state index in [1.54, 1.807) is 0 Å². The second kappa shape index (κ2) is 14.0. The van der Waals surface area contributed by atoms with Gasteiger partial charge in [-0.15, -0.1) is 24.0 Å². The molecule has 1 fully saturated rings. The van der Waals surface area contributed by atoms with Gasteiger partial charge in [0.2, 0.25) is 0 Å². The number of rotatable bonds is 9. The van der Waals surface area contributed by atoms with Crippen molar-refractivity contribution >= 4 is 29.9 Å². The molecule has 1 aliphatic rings. The van der Waals surface area contributed by atoms with Gasteiger partial charge in [0.05, 0.1) is 0 Å². The fourth-order valence-electron chi connectivity index (χ4n) is 3.23. The van der Waals surface area contributed by atoms with E-state index in [4.69, 9.17) is 0 Å². The van der Waals surface area contributed by atoms with Crippen LogP contribution in [0.2, 0.25) is 0 Å². The van der Waals surface area contributed by atoms with Gasteiger partial charge in [0.1, 0.15) is 0 Å². The molecule has 0 aliphatic carbocycles. The summed E-state index contributed by atoms with van der Waals surface area (Å²) < 4.78 is 0. The second-order valence-electron chi connectivity index (χ2n) is 7.64. The predicted octanol–water partition coefficient (Wildman–Crippen LogP) is 3.01. The molecule has 0 radical (unpaired) electrons. The lowest BCUT2D eigenvalue weighted by Crippen LogP contribution is -2.53. The summed E-state index contributed by atoms with van der Waals surface area (Å²) in [6.07, 6.45) is 3.78. The Morgan fingerprint density at radius 1 is 1.04 bits per heavy atom. The summed E-state index contributed by atoms with van der Waals surface area (Å²) in [5, 5.41) is 7.03. The smallest absolute Gasteiger partial charge is 0.191 e. The van der Waals surface area contributed by atoms with E-state index in [1.165, 1.54) is 52.0 Å². The van der Waals surface area contributed by atoms with Crippen molar-refractivity contribution in [3.8, 4) is 0 Å². The molecule has 0 amide bonds. The summed E-state index contributed by atoms with van der Waals surface area (Å²) >= 11 is 0. The van der Waals surface area contributed by atoms with Crippen LogP contribution in [0.3, 0.4) is 0 Å². The molecule has 1 aliphatic heterocycles. The van der Waals surface area contributed by atoms with E-state index >= 15 is 0 Å². The summed E-state index contributed by atoms with van der Waals surface area (Å²) in [7, 11) is 1.86. The number of halogens is 1. The molecule has 0 spiro atoms. The van der Waals surface area contributed by atoms with Crippen LogP contribution >= 0.6 is 24.0 Å². The van der Waals surface area contributed by atoms with Crippen molar-refractivity contribution in [2.45, 2.75) is 66.0 Å². The minimum atomic E-state index is 0. The number of aliphatic imine (C=N–C) groups is 1. The first-order chi connectivity index (χ1) is 11.5. The van der Waals surface area contributed by atoms with E-state index in [0.29, 0.717) is 12.1 Å². The van der Waals surface area contributed by atoms with Crippen LogP contribution in [-0.4, -0.2) is 74.2 Å². The van der Waals surface area contributed by atoms with Crippen molar-refractivity contribution in [3.05, 3.63) is 0 Å². The Hall–Kier alpha value is -0.0800. The highest BCUT2D eigenvalue weighted by molar-refractivity contribution is 14.0. The van der Waals surface area contributed by atoms with Gasteiger partial charge in [-0.05, 0) is 32.7 Å². The summed E-state index contributed by atoms with van der Waals surface area (Å²) in [5.74, 6) is 1.73. The van der Waals surface area contributed by atoms with Crippen LogP contribution in [-0.2, 0) is 0 Å². The number of guanidine groups is 1. The molecule has 1 heterocycles.